The van der Waals surface area contributed by atoms with Crippen molar-refractivity contribution in [2.45, 2.75) is 47.0 Å². The molecule has 0 aromatic rings. The van der Waals surface area contributed by atoms with Crippen molar-refractivity contribution >= 4 is 5.96 Å². The zero-order valence-electron chi connectivity index (χ0n) is 11.3. The van der Waals surface area contributed by atoms with E-state index in [-0.39, 0.29) is 0 Å². The monoisotopic (exact) mass is 225 g/mol. The molecule has 1 heterocycles. The second-order valence-corrected chi connectivity index (χ2v) is 5.47. The number of guanidine groups is 1. The highest BCUT2D eigenvalue weighted by Gasteiger charge is 2.35. The van der Waals surface area contributed by atoms with Crippen LogP contribution in [0, 0.1) is 11.3 Å². The summed E-state index contributed by atoms with van der Waals surface area (Å²) in [4.78, 5) is 6.72. The largest absolute Gasteiger partial charge is 0.370 e. The lowest BCUT2D eigenvalue weighted by Gasteiger charge is -2.26. The third-order valence-electron chi connectivity index (χ3n) is 3.88. The van der Waals surface area contributed by atoms with Crippen molar-refractivity contribution in [2.75, 3.05) is 19.6 Å². The number of nitrogens with zero attached hydrogens (tertiary/aromatic N) is 2. The average molecular weight is 225 g/mol. The minimum Gasteiger partial charge on any atom is -0.370 e. The molecule has 0 spiro atoms. The minimum atomic E-state index is 0.484. The summed E-state index contributed by atoms with van der Waals surface area (Å²) in [5.41, 5.74) is 6.52. The van der Waals surface area contributed by atoms with E-state index in [9.17, 15) is 0 Å². The van der Waals surface area contributed by atoms with Gasteiger partial charge in [-0.25, -0.2) is 0 Å². The predicted molar refractivity (Wildman–Crippen MR) is 70.5 cm³/mol. The van der Waals surface area contributed by atoms with E-state index in [1.54, 1.807) is 0 Å². The molecule has 0 bridgehead atoms. The fourth-order valence-electron chi connectivity index (χ4n) is 2.33. The van der Waals surface area contributed by atoms with Gasteiger partial charge in [-0.05, 0) is 30.6 Å². The summed E-state index contributed by atoms with van der Waals surface area (Å²) in [5, 5.41) is 0. The third kappa shape index (κ3) is 3.13. The van der Waals surface area contributed by atoms with Gasteiger partial charge in [0.05, 0.1) is 0 Å². The molecular weight excluding hydrogens is 198 g/mol. The number of hydrogen-bond acceptors (Lipinski definition) is 1. The van der Waals surface area contributed by atoms with E-state index in [4.69, 9.17) is 5.73 Å². The van der Waals surface area contributed by atoms with Crippen LogP contribution in [0.1, 0.15) is 47.0 Å². The quantitative estimate of drug-likeness (QED) is 0.590. The number of likely N-dealkylation sites (tertiary alicyclic amines) is 1. The second-order valence-electron chi connectivity index (χ2n) is 5.47. The van der Waals surface area contributed by atoms with Crippen LogP contribution in [0.15, 0.2) is 4.99 Å². The molecule has 0 aromatic heterocycles. The Kier molecular flexibility index (Phi) is 4.63. The van der Waals surface area contributed by atoms with Crippen molar-refractivity contribution in [1.29, 1.82) is 0 Å². The van der Waals surface area contributed by atoms with Crippen LogP contribution in [0.25, 0.3) is 0 Å². The maximum atomic E-state index is 6.03. The first-order chi connectivity index (χ1) is 7.53. The van der Waals surface area contributed by atoms with Crippen molar-refractivity contribution in [3.05, 3.63) is 0 Å². The number of rotatable bonds is 4. The number of nitrogens with two attached hydrogens (primary N) is 1. The summed E-state index contributed by atoms with van der Waals surface area (Å²) in [5.74, 6) is 1.33. The van der Waals surface area contributed by atoms with Gasteiger partial charge in [0.25, 0.3) is 0 Å². The van der Waals surface area contributed by atoms with Gasteiger partial charge >= 0.3 is 0 Å². The van der Waals surface area contributed by atoms with Gasteiger partial charge in [0.15, 0.2) is 5.96 Å². The Bertz CT molecular complexity index is 242. The maximum Gasteiger partial charge on any atom is 0.191 e. The maximum absolute atomic E-state index is 6.03. The third-order valence-corrected chi connectivity index (χ3v) is 3.88. The SMILES string of the molecule is CCC1(CC)CCN(C(N)=NCC(C)C)C1. The molecule has 1 aliphatic rings. The van der Waals surface area contributed by atoms with Gasteiger partial charge in [-0.2, -0.15) is 0 Å². The molecule has 0 aromatic carbocycles. The van der Waals surface area contributed by atoms with Crippen LogP contribution in [0.2, 0.25) is 0 Å². The summed E-state index contributed by atoms with van der Waals surface area (Å²) < 4.78 is 0. The van der Waals surface area contributed by atoms with Crippen LogP contribution < -0.4 is 5.73 Å². The van der Waals surface area contributed by atoms with Crippen molar-refractivity contribution in [3.63, 3.8) is 0 Å². The Labute approximate surface area is 100 Å². The van der Waals surface area contributed by atoms with E-state index in [1.807, 2.05) is 0 Å². The summed E-state index contributed by atoms with van der Waals surface area (Å²) in [6, 6.07) is 0. The molecule has 94 valence electrons. The molecule has 0 radical (unpaired) electrons. The van der Waals surface area contributed by atoms with E-state index in [0.29, 0.717) is 11.3 Å². The molecule has 16 heavy (non-hydrogen) atoms. The van der Waals surface area contributed by atoms with E-state index in [0.717, 1.165) is 25.6 Å². The smallest absolute Gasteiger partial charge is 0.191 e. The molecule has 3 heteroatoms. The fraction of sp³-hybridized carbons (Fsp3) is 0.923. The molecule has 3 nitrogen and oxygen atoms in total. The molecule has 0 unspecified atom stereocenters. The lowest BCUT2D eigenvalue weighted by molar-refractivity contribution is 0.277. The van der Waals surface area contributed by atoms with E-state index < -0.39 is 0 Å². The molecular formula is C13H27N3. The first-order valence-corrected chi connectivity index (χ1v) is 6.58. The van der Waals surface area contributed by atoms with Gasteiger partial charge < -0.3 is 10.6 Å². The Hall–Kier alpha value is -0.730. The first kappa shape index (κ1) is 13.3. The average Bonchev–Trinajstić information content (AvgIpc) is 2.71. The van der Waals surface area contributed by atoms with Crippen LogP contribution in [0.3, 0.4) is 0 Å². The van der Waals surface area contributed by atoms with Crippen LogP contribution in [0.5, 0.6) is 0 Å². The second kappa shape index (κ2) is 5.55. The highest BCUT2D eigenvalue weighted by Crippen LogP contribution is 2.36. The van der Waals surface area contributed by atoms with Crippen molar-refractivity contribution in [2.24, 2.45) is 22.1 Å². The number of hydrogen-bond donors (Lipinski definition) is 1. The number of aliphatic imine (C=N–C) groups is 1. The lowest BCUT2D eigenvalue weighted by atomic mass is 9.82. The van der Waals surface area contributed by atoms with Gasteiger partial charge in [-0.1, -0.05) is 27.7 Å². The summed E-state index contributed by atoms with van der Waals surface area (Å²) in [6.45, 7) is 11.9. The molecule has 1 fully saturated rings. The summed E-state index contributed by atoms with van der Waals surface area (Å²) in [7, 11) is 0. The molecule has 0 atom stereocenters. The van der Waals surface area contributed by atoms with Gasteiger partial charge in [-0.3, -0.25) is 4.99 Å². The predicted octanol–water partition coefficient (Wildman–Crippen LogP) is 2.47. The normalized spacial score (nSPS) is 20.8. The lowest BCUT2D eigenvalue weighted by Crippen LogP contribution is -2.37. The molecule has 0 saturated carbocycles. The Morgan fingerprint density at radius 2 is 2.00 bits per heavy atom. The molecule has 0 aliphatic carbocycles. The van der Waals surface area contributed by atoms with Gasteiger partial charge in [-0.15, -0.1) is 0 Å². The molecule has 0 amide bonds. The van der Waals surface area contributed by atoms with E-state index in [2.05, 4.69) is 37.6 Å². The topological polar surface area (TPSA) is 41.6 Å². The molecule has 1 aliphatic heterocycles. The summed E-state index contributed by atoms with van der Waals surface area (Å²) in [6.07, 6.45) is 3.76. The highest BCUT2D eigenvalue weighted by atomic mass is 15.3. The molecule has 1 saturated heterocycles. The van der Waals surface area contributed by atoms with E-state index >= 15 is 0 Å². The zero-order valence-corrected chi connectivity index (χ0v) is 11.3. The van der Waals surface area contributed by atoms with Crippen molar-refractivity contribution in [3.8, 4) is 0 Å². The zero-order chi connectivity index (χ0) is 12.2. The fourth-order valence-corrected chi connectivity index (χ4v) is 2.33. The van der Waals surface area contributed by atoms with E-state index in [1.165, 1.54) is 19.3 Å². The molecule has 1 rings (SSSR count). The van der Waals surface area contributed by atoms with Crippen LogP contribution in [0.4, 0.5) is 0 Å². The Morgan fingerprint density at radius 3 is 2.44 bits per heavy atom. The van der Waals surface area contributed by atoms with Gasteiger partial charge in [0.1, 0.15) is 0 Å². The van der Waals surface area contributed by atoms with Crippen LogP contribution in [-0.4, -0.2) is 30.5 Å². The first-order valence-electron chi connectivity index (χ1n) is 6.58. The Balaban J connectivity index is 2.55. The highest BCUT2D eigenvalue weighted by molar-refractivity contribution is 5.78. The van der Waals surface area contributed by atoms with Crippen LogP contribution >= 0.6 is 0 Å². The van der Waals surface area contributed by atoms with Gasteiger partial charge in [0.2, 0.25) is 0 Å². The van der Waals surface area contributed by atoms with Crippen molar-refractivity contribution < 1.29 is 0 Å². The van der Waals surface area contributed by atoms with Crippen LogP contribution in [-0.2, 0) is 0 Å². The minimum absolute atomic E-state index is 0.484. The standard InChI is InChI=1S/C13H27N3/c1-5-13(6-2)7-8-16(10-13)12(14)15-9-11(3)4/h11H,5-10H2,1-4H3,(H2,14,15). The summed E-state index contributed by atoms with van der Waals surface area (Å²) >= 11 is 0. The van der Waals surface area contributed by atoms with Crippen molar-refractivity contribution in [1.82, 2.24) is 4.90 Å². The Morgan fingerprint density at radius 1 is 1.38 bits per heavy atom. The van der Waals surface area contributed by atoms with Gasteiger partial charge in [0, 0.05) is 19.6 Å². The molecule has 2 N–H and O–H groups in total.